The van der Waals surface area contributed by atoms with E-state index in [1.165, 1.54) is 6.16 Å². The van der Waals surface area contributed by atoms with Gasteiger partial charge in [-0.3, -0.25) is 5.09 Å². The minimum absolute atomic E-state index is 0.293. The van der Waals surface area contributed by atoms with Crippen molar-refractivity contribution in [2.75, 3.05) is 12.8 Å². The normalized spacial score (nSPS) is 45.0. The molecule has 1 fully saturated rings. The Balaban J connectivity index is 2.11. The molecule has 0 aliphatic carbocycles. The van der Waals surface area contributed by atoms with Crippen LogP contribution in [0.4, 0.5) is 0 Å². The lowest BCUT2D eigenvalue weighted by Crippen LogP contribution is -2.36. The third-order valence-electron chi connectivity index (χ3n) is 0.988. The van der Waals surface area contributed by atoms with Crippen molar-refractivity contribution in [1.29, 1.82) is 0 Å². The molecule has 36 valence electrons. The molecule has 1 aliphatic rings. The summed E-state index contributed by atoms with van der Waals surface area (Å²) in [4.78, 5) is 0. The zero-order valence-corrected chi connectivity index (χ0v) is 5.13. The minimum Gasteiger partial charge on any atom is -0.293 e. The molecule has 2 atom stereocenters. The van der Waals surface area contributed by atoms with Gasteiger partial charge in [0.25, 0.3) is 0 Å². The van der Waals surface area contributed by atoms with Gasteiger partial charge in [-0.15, -0.1) is 0 Å². The fourth-order valence-corrected chi connectivity index (χ4v) is 2.30. The Bertz CT molecular complexity index is 43.5. The summed E-state index contributed by atoms with van der Waals surface area (Å²) in [6.45, 7) is 4.50. The van der Waals surface area contributed by atoms with E-state index in [2.05, 4.69) is 18.7 Å². The van der Waals surface area contributed by atoms with E-state index < -0.39 is 0 Å². The molecule has 0 amide bonds. The van der Waals surface area contributed by atoms with E-state index >= 15 is 0 Å². The van der Waals surface area contributed by atoms with Gasteiger partial charge in [0.1, 0.15) is 0 Å². The van der Waals surface area contributed by atoms with E-state index in [1.807, 2.05) is 0 Å². The zero-order chi connectivity index (χ0) is 4.57. The third kappa shape index (κ3) is 0.717. The van der Waals surface area contributed by atoms with Crippen LogP contribution in [-0.4, -0.2) is 18.9 Å². The lowest BCUT2D eigenvalue weighted by Gasteiger charge is -2.31. The topological polar surface area (TPSA) is 12.0 Å². The molecule has 6 heavy (non-hydrogen) atoms. The van der Waals surface area contributed by atoms with E-state index in [1.54, 1.807) is 0 Å². The summed E-state index contributed by atoms with van der Waals surface area (Å²) in [7, 11) is 0.293. The highest BCUT2D eigenvalue weighted by molar-refractivity contribution is 7.56. The smallest absolute Gasteiger partial charge is 0.0126 e. The van der Waals surface area contributed by atoms with Crippen LogP contribution in [0.3, 0.4) is 0 Å². The average molecular weight is 103 g/mol. The zero-order valence-electron chi connectivity index (χ0n) is 4.23. The molecule has 1 rings (SSSR count). The molecule has 2 unspecified atom stereocenters. The van der Waals surface area contributed by atoms with Crippen LogP contribution in [0.1, 0.15) is 6.92 Å². The third-order valence-corrected chi connectivity index (χ3v) is 2.97. The van der Waals surface area contributed by atoms with Gasteiger partial charge in [-0.1, -0.05) is 0 Å². The van der Waals surface area contributed by atoms with Crippen molar-refractivity contribution < 1.29 is 0 Å². The quantitative estimate of drug-likeness (QED) is 0.451. The molecular formula is C4H10NP. The first-order valence-electron chi connectivity index (χ1n) is 2.26. The van der Waals surface area contributed by atoms with Crippen LogP contribution in [0.5, 0.6) is 0 Å². The first-order valence-corrected chi connectivity index (χ1v) is 4.24. The summed E-state index contributed by atoms with van der Waals surface area (Å²) in [5, 5.41) is 3.37. The Morgan fingerprint density at radius 2 is 2.33 bits per heavy atom. The molecule has 1 heterocycles. The molecular weight excluding hydrogens is 93.0 g/mol. The summed E-state index contributed by atoms with van der Waals surface area (Å²) in [6.07, 6.45) is 1.43. The largest absolute Gasteiger partial charge is 0.293 e. The van der Waals surface area contributed by atoms with Gasteiger partial charge in [-0.25, -0.2) is 0 Å². The van der Waals surface area contributed by atoms with Crippen LogP contribution in [0, 0.1) is 0 Å². The van der Waals surface area contributed by atoms with E-state index in [0.29, 0.717) is 8.07 Å². The van der Waals surface area contributed by atoms with Gasteiger partial charge in [0.2, 0.25) is 0 Å². The van der Waals surface area contributed by atoms with Crippen LogP contribution in [0.2, 0.25) is 0 Å². The highest BCUT2D eigenvalue weighted by Crippen LogP contribution is 2.35. The first kappa shape index (κ1) is 4.55. The van der Waals surface area contributed by atoms with Crippen LogP contribution in [0.25, 0.3) is 0 Å². The number of rotatable bonds is 0. The summed E-state index contributed by atoms with van der Waals surface area (Å²) in [6, 6.07) is 0.820. The Morgan fingerprint density at radius 3 is 2.33 bits per heavy atom. The van der Waals surface area contributed by atoms with Gasteiger partial charge in [0, 0.05) is 6.04 Å². The van der Waals surface area contributed by atoms with Crippen LogP contribution >= 0.6 is 8.07 Å². The van der Waals surface area contributed by atoms with Gasteiger partial charge in [0.15, 0.2) is 0 Å². The molecule has 0 radical (unpaired) electrons. The van der Waals surface area contributed by atoms with Crippen molar-refractivity contribution in [3.63, 3.8) is 0 Å². The maximum atomic E-state index is 3.37. The molecule has 1 N–H and O–H groups in total. The van der Waals surface area contributed by atoms with Crippen LogP contribution in [-0.2, 0) is 0 Å². The van der Waals surface area contributed by atoms with Crippen molar-refractivity contribution in [2.45, 2.75) is 13.0 Å². The Labute approximate surface area is 39.9 Å². The molecule has 0 saturated carbocycles. The Morgan fingerprint density at radius 1 is 1.83 bits per heavy atom. The minimum atomic E-state index is 0.293. The number of nitrogens with one attached hydrogen (secondary N) is 1. The fourth-order valence-electron chi connectivity index (χ4n) is 0.768. The van der Waals surface area contributed by atoms with Crippen LogP contribution < -0.4 is 5.09 Å². The molecule has 1 aliphatic heterocycles. The average Bonchev–Trinajstić information content (AvgIpc) is 1.33. The van der Waals surface area contributed by atoms with Gasteiger partial charge in [-0.2, -0.15) is 0 Å². The standard InChI is InChI=1S/C4H10NP/c1-4-3-6(2)5-4/h4-5H,3H2,1-2H3. The highest BCUT2D eigenvalue weighted by atomic mass is 31.1. The van der Waals surface area contributed by atoms with E-state index in [9.17, 15) is 0 Å². The molecule has 2 heteroatoms. The summed E-state index contributed by atoms with van der Waals surface area (Å²) in [5.74, 6) is 0. The molecule has 0 spiro atoms. The summed E-state index contributed by atoms with van der Waals surface area (Å²) < 4.78 is 0. The van der Waals surface area contributed by atoms with Crippen molar-refractivity contribution >= 4 is 8.07 Å². The van der Waals surface area contributed by atoms with Crippen molar-refractivity contribution in [3.05, 3.63) is 0 Å². The SMILES string of the molecule is CC1CP(C)N1. The van der Waals surface area contributed by atoms with Gasteiger partial charge in [-0.05, 0) is 27.8 Å². The monoisotopic (exact) mass is 103 g/mol. The maximum absolute atomic E-state index is 3.37. The first-order chi connectivity index (χ1) is 2.79. The molecule has 0 aromatic rings. The van der Waals surface area contributed by atoms with Crippen molar-refractivity contribution in [1.82, 2.24) is 5.09 Å². The van der Waals surface area contributed by atoms with Crippen LogP contribution in [0.15, 0.2) is 0 Å². The molecule has 1 nitrogen and oxygen atoms in total. The predicted octanol–water partition coefficient (Wildman–Crippen LogP) is 1.00. The predicted molar refractivity (Wildman–Crippen MR) is 30.3 cm³/mol. The van der Waals surface area contributed by atoms with Crippen molar-refractivity contribution in [2.24, 2.45) is 0 Å². The maximum Gasteiger partial charge on any atom is 0.0126 e. The lowest BCUT2D eigenvalue weighted by molar-refractivity contribution is 0.706. The summed E-state index contributed by atoms with van der Waals surface area (Å²) >= 11 is 0. The second-order valence-corrected chi connectivity index (χ2v) is 3.93. The second kappa shape index (κ2) is 1.48. The van der Waals surface area contributed by atoms with Gasteiger partial charge < -0.3 is 0 Å². The molecule has 0 bridgehead atoms. The summed E-state index contributed by atoms with van der Waals surface area (Å²) in [5.41, 5.74) is 0. The van der Waals surface area contributed by atoms with Gasteiger partial charge >= 0.3 is 0 Å². The van der Waals surface area contributed by atoms with E-state index in [-0.39, 0.29) is 0 Å². The number of hydrogen-bond acceptors (Lipinski definition) is 1. The van der Waals surface area contributed by atoms with Gasteiger partial charge in [0.05, 0.1) is 0 Å². The number of hydrogen-bond donors (Lipinski definition) is 1. The molecule has 0 aromatic heterocycles. The molecule has 1 saturated heterocycles. The highest BCUT2D eigenvalue weighted by Gasteiger charge is 2.17. The van der Waals surface area contributed by atoms with E-state index in [4.69, 9.17) is 0 Å². The molecule has 0 aromatic carbocycles. The Kier molecular flexibility index (Phi) is 1.12. The van der Waals surface area contributed by atoms with E-state index in [0.717, 1.165) is 6.04 Å². The second-order valence-electron chi connectivity index (χ2n) is 1.91. The fraction of sp³-hybridized carbons (Fsp3) is 1.00. The lowest BCUT2D eigenvalue weighted by atomic mass is 10.4. The Hall–Kier alpha value is 0.390. The van der Waals surface area contributed by atoms with Crippen molar-refractivity contribution in [3.8, 4) is 0 Å².